The number of alkyl halides is 1. The molecule has 1 aliphatic rings. The van der Waals surface area contributed by atoms with Crippen molar-refractivity contribution in [1.82, 2.24) is 4.31 Å². The second kappa shape index (κ2) is 12.3. The maximum absolute atomic E-state index is 8.78. The molecule has 0 unspecified atom stereocenters. The van der Waals surface area contributed by atoms with Crippen LogP contribution in [0.25, 0.3) is 0 Å². The fourth-order valence-electron chi connectivity index (χ4n) is 1.56. The van der Waals surface area contributed by atoms with Gasteiger partial charge in [-0.25, -0.2) is 4.79 Å². The second-order valence-electron chi connectivity index (χ2n) is 3.91. The zero-order valence-electron chi connectivity index (χ0n) is 10.2. The first-order chi connectivity index (χ1) is 8.16. The molecule has 6 heteroatoms. The third-order valence-electron chi connectivity index (χ3n) is 2.37. The molecule has 0 radical (unpaired) electrons. The topological polar surface area (TPSA) is 66.6 Å². The molecule has 1 amide bonds. The zero-order valence-corrected chi connectivity index (χ0v) is 11.8. The monoisotopic (exact) mass is 282 g/mol. The molecule has 1 fully saturated rings. The van der Waals surface area contributed by atoms with Crippen LogP contribution >= 0.6 is 23.5 Å². The lowest BCUT2D eigenvalue weighted by Gasteiger charge is -2.17. The van der Waals surface area contributed by atoms with Crippen LogP contribution < -0.4 is 5.73 Å². The molecule has 0 aromatic carbocycles. The first kappa shape index (κ1) is 16.9. The summed E-state index contributed by atoms with van der Waals surface area (Å²) in [5.74, 6) is 2.08. The van der Waals surface area contributed by atoms with Crippen LogP contribution in [0, 0.1) is 0 Å². The van der Waals surface area contributed by atoms with Crippen LogP contribution in [0.4, 0.5) is 4.79 Å². The number of halogens is 1. The van der Waals surface area contributed by atoms with E-state index < -0.39 is 6.09 Å². The average molecular weight is 283 g/mol. The summed E-state index contributed by atoms with van der Waals surface area (Å²) in [7, 11) is 0. The van der Waals surface area contributed by atoms with E-state index in [-0.39, 0.29) is 0 Å². The molecule has 0 aromatic heterocycles. The van der Waals surface area contributed by atoms with Crippen molar-refractivity contribution in [3.05, 3.63) is 0 Å². The summed E-state index contributed by atoms with van der Waals surface area (Å²) in [5, 5.41) is 7.19. The number of carbonyl (C=O) groups is 1. The first-order valence-corrected chi connectivity index (χ1v) is 7.56. The van der Waals surface area contributed by atoms with Gasteiger partial charge in [0.1, 0.15) is 0 Å². The summed E-state index contributed by atoms with van der Waals surface area (Å²) in [5.41, 5.74) is 4.03. The third kappa shape index (κ3) is 13.8. The van der Waals surface area contributed by atoms with E-state index in [1.807, 2.05) is 11.9 Å². The van der Waals surface area contributed by atoms with Gasteiger partial charge in [0.25, 0.3) is 0 Å². The fraction of sp³-hybridized carbons (Fsp3) is 0.909. The van der Waals surface area contributed by atoms with Crippen molar-refractivity contribution >= 4 is 29.6 Å². The minimum Gasteiger partial charge on any atom is -0.465 e. The predicted molar refractivity (Wildman–Crippen MR) is 74.7 cm³/mol. The van der Waals surface area contributed by atoms with Crippen molar-refractivity contribution in [2.24, 2.45) is 5.73 Å². The summed E-state index contributed by atoms with van der Waals surface area (Å²) in [4.78, 5) is 8.78. The molecule has 0 spiro atoms. The van der Waals surface area contributed by atoms with Gasteiger partial charge in [-0.05, 0) is 25.7 Å². The number of unbranched alkanes of at least 4 members (excludes halogenated alkanes) is 1. The van der Waals surface area contributed by atoms with Crippen LogP contribution in [-0.4, -0.2) is 40.2 Å². The fourth-order valence-corrected chi connectivity index (χ4v) is 2.86. The molecular formula is C11H23ClN2O2S. The first-order valence-electron chi connectivity index (χ1n) is 6.09. The molecule has 1 rings (SSSR count). The Morgan fingerprint density at radius 2 is 1.76 bits per heavy atom. The molecule has 4 nitrogen and oxygen atoms in total. The molecule has 3 N–H and O–H groups in total. The lowest BCUT2D eigenvalue weighted by molar-refractivity contribution is 0.205. The van der Waals surface area contributed by atoms with E-state index in [0.29, 0.717) is 0 Å². The minimum atomic E-state index is -1.33. The van der Waals surface area contributed by atoms with E-state index >= 15 is 0 Å². The molecular weight excluding hydrogens is 260 g/mol. The molecule has 1 aliphatic heterocycles. The summed E-state index contributed by atoms with van der Waals surface area (Å²) in [6.07, 6.45) is 6.75. The van der Waals surface area contributed by atoms with Crippen molar-refractivity contribution in [3.63, 3.8) is 0 Å². The summed E-state index contributed by atoms with van der Waals surface area (Å²) in [6, 6.07) is 0. The Kier molecular flexibility index (Phi) is 12.2. The van der Waals surface area contributed by atoms with Gasteiger partial charge >= 0.3 is 6.09 Å². The normalized spacial score (nSPS) is 16.8. The van der Waals surface area contributed by atoms with E-state index in [1.165, 1.54) is 57.4 Å². The number of hydrogen-bond acceptors (Lipinski definition) is 3. The Bertz CT molecular complexity index is 184. The summed E-state index contributed by atoms with van der Waals surface area (Å²) in [6.45, 7) is 2.59. The van der Waals surface area contributed by atoms with Crippen molar-refractivity contribution in [1.29, 1.82) is 0 Å². The van der Waals surface area contributed by atoms with Crippen LogP contribution in [-0.2, 0) is 0 Å². The smallest absolute Gasteiger partial charge is 0.402 e. The lowest BCUT2D eigenvalue weighted by atomic mass is 10.2. The van der Waals surface area contributed by atoms with Gasteiger partial charge in [-0.15, -0.1) is 11.6 Å². The standard InChI is InChI=1S/C10H20ClNS.CH3NO2/c11-7-3-6-10-13-12-8-4-1-2-5-9-12;2-1(3)4/h1-10H2;2H2,(H,3,4). The average Bonchev–Trinajstić information content (AvgIpc) is 2.52. The van der Waals surface area contributed by atoms with Gasteiger partial charge in [0.2, 0.25) is 0 Å². The second-order valence-corrected chi connectivity index (χ2v) is 5.47. The lowest BCUT2D eigenvalue weighted by Crippen LogP contribution is -2.16. The SMILES string of the molecule is ClCCCCSN1CCCCCC1.NC(=O)O. The van der Waals surface area contributed by atoms with E-state index in [2.05, 4.69) is 10.0 Å². The number of amides is 1. The van der Waals surface area contributed by atoms with Crippen molar-refractivity contribution in [2.45, 2.75) is 38.5 Å². The number of primary amides is 1. The van der Waals surface area contributed by atoms with Gasteiger partial charge in [0.15, 0.2) is 0 Å². The molecule has 0 atom stereocenters. The number of rotatable bonds is 5. The van der Waals surface area contributed by atoms with Gasteiger partial charge in [0.05, 0.1) is 0 Å². The third-order valence-corrected chi connectivity index (χ3v) is 3.84. The van der Waals surface area contributed by atoms with Gasteiger partial charge in [-0.3, -0.25) is 4.31 Å². The summed E-state index contributed by atoms with van der Waals surface area (Å²) >= 11 is 7.65. The van der Waals surface area contributed by atoms with Crippen molar-refractivity contribution < 1.29 is 9.90 Å². The minimum absolute atomic E-state index is 0.820. The number of hydrogen-bond donors (Lipinski definition) is 2. The van der Waals surface area contributed by atoms with E-state index in [0.717, 1.165) is 5.88 Å². The number of nitrogens with zero attached hydrogens (tertiary/aromatic N) is 1. The van der Waals surface area contributed by atoms with Crippen LogP contribution in [0.3, 0.4) is 0 Å². The Hall–Kier alpha value is -0.130. The molecule has 17 heavy (non-hydrogen) atoms. The Labute approximate surface area is 113 Å². The maximum atomic E-state index is 8.78. The number of nitrogens with two attached hydrogens (primary N) is 1. The molecule has 102 valence electrons. The van der Waals surface area contributed by atoms with Crippen molar-refractivity contribution in [3.8, 4) is 0 Å². The van der Waals surface area contributed by atoms with Crippen molar-refractivity contribution in [2.75, 3.05) is 24.7 Å². The quantitative estimate of drug-likeness (QED) is 0.462. The van der Waals surface area contributed by atoms with E-state index in [9.17, 15) is 0 Å². The highest BCUT2D eigenvalue weighted by Crippen LogP contribution is 2.18. The molecule has 0 aromatic rings. The molecule has 1 saturated heterocycles. The van der Waals surface area contributed by atoms with Crippen LogP contribution in [0.2, 0.25) is 0 Å². The largest absolute Gasteiger partial charge is 0.465 e. The Balaban J connectivity index is 0.000000557. The highest BCUT2D eigenvalue weighted by Gasteiger charge is 2.08. The highest BCUT2D eigenvalue weighted by atomic mass is 35.5. The van der Waals surface area contributed by atoms with Gasteiger partial charge < -0.3 is 10.8 Å². The van der Waals surface area contributed by atoms with Gasteiger partial charge in [-0.2, -0.15) is 0 Å². The highest BCUT2D eigenvalue weighted by molar-refractivity contribution is 7.97. The molecule has 0 aliphatic carbocycles. The molecule has 0 bridgehead atoms. The van der Waals surface area contributed by atoms with Gasteiger partial charge in [-0.1, -0.05) is 24.8 Å². The van der Waals surface area contributed by atoms with Gasteiger partial charge in [0, 0.05) is 24.7 Å². The Morgan fingerprint density at radius 1 is 1.24 bits per heavy atom. The van der Waals surface area contributed by atoms with Crippen LogP contribution in [0.15, 0.2) is 0 Å². The zero-order chi connectivity index (χ0) is 12.9. The Morgan fingerprint density at radius 3 is 2.24 bits per heavy atom. The van der Waals surface area contributed by atoms with E-state index in [1.54, 1.807) is 0 Å². The van der Waals surface area contributed by atoms with Crippen LogP contribution in [0.1, 0.15) is 38.5 Å². The molecule has 1 heterocycles. The van der Waals surface area contributed by atoms with Crippen LogP contribution in [0.5, 0.6) is 0 Å². The predicted octanol–water partition coefficient (Wildman–Crippen LogP) is 3.15. The number of carboxylic acid groups (broad SMARTS) is 1. The van der Waals surface area contributed by atoms with E-state index in [4.69, 9.17) is 21.5 Å². The maximum Gasteiger partial charge on any atom is 0.402 e. The summed E-state index contributed by atoms with van der Waals surface area (Å²) < 4.78 is 2.54. The molecule has 0 saturated carbocycles.